The standard InChI is InChI=1S/C12H13IN2O4/c13-8-4-2-1-3-7(8)11(17)15-9(12(18)19)5-6-10(14)16/h1-4,9H,5-6H2,(H2,14,16)(H,15,17)(H,18,19)/t9-/m1/s1. The third-order valence-corrected chi connectivity index (χ3v) is 3.34. The van der Waals surface area contributed by atoms with E-state index in [2.05, 4.69) is 5.32 Å². The Labute approximate surface area is 123 Å². The molecule has 0 saturated carbocycles. The Hall–Kier alpha value is -1.64. The van der Waals surface area contributed by atoms with Crippen LogP contribution in [0.15, 0.2) is 24.3 Å². The molecule has 0 bridgehead atoms. The molecule has 102 valence electrons. The van der Waals surface area contributed by atoms with Crippen molar-refractivity contribution in [2.75, 3.05) is 0 Å². The van der Waals surface area contributed by atoms with Gasteiger partial charge in [-0.15, -0.1) is 0 Å². The van der Waals surface area contributed by atoms with E-state index in [1.165, 1.54) is 0 Å². The van der Waals surface area contributed by atoms with E-state index in [1.54, 1.807) is 24.3 Å². The van der Waals surface area contributed by atoms with Gasteiger partial charge in [0.25, 0.3) is 5.91 Å². The number of aliphatic carboxylic acids is 1. The molecule has 0 aromatic heterocycles. The zero-order valence-corrected chi connectivity index (χ0v) is 12.1. The third kappa shape index (κ3) is 4.86. The van der Waals surface area contributed by atoms with Crippen molar-refractivity contribution in [1.82, 2.24) is 5.32 Å². The maximum atomic E-state index is 11.9. The number of carboxylic acids is 1. The highest BCUT2D eigenvalue weighted by atomic mass is 127. The molecular weight excluding hydrogens is 363 g/mol. The van der Waals surface area contributed by atoms with Crippen molar-refractivity contribution in [3.05, 3.63) is 33.4 Å². The third-order valence-electron chi connectivity index (χ3n) is 2.40. The van der Waals surface area contributed by atoms with Gasteiger partial charge < -0.3 is 16.2 Å². The molecular formula is C12H13IN2O4. The summed E-state index contributed by atoms with van der Waals surface area (Å²) >= 11 is 1.99. The number of amides is 2. The van der Waals surface area contributed by atoms with Crippen LogP contribution in [0.2, 0.25) is 0 Å². The smallest absolute Gasteiger partial charge is 0.326 e. The molecule has 0 saturated heterocycles. The molecule has 19 heavy (non-hydrogen) atoms. The molecule has 1 atom stereocenters. The molecule has 0 fully saturated rings. The van der Waals surface area contributed by atoms with Gasteiger partial charge in [-0.2, -0.15) is 0 Å². The van der Waals surface area contributed by atoms with Crippen LogP contribution in [-0.4, -0.2) is 28.9 Å². The van der Waals surface area contributed by atoms with Gasteiger partial charge in [0.2, 0.25) is 5.91 Å². The lowest BCUT2D eigenvalue weighted by Gasteiger charge is -2.14. The largest absolute Gasteiger partial charge is 0.480 e. The van der Waals surface area contributed by atoms with Crippen LogP contribution in [0, 0.1) is 3.57 Å². The first-order valence-corrected chi connectivity index (χ1v) is 6.56. The quantitative estimate of drug-likeness (QED) is 0.637. The molecule has 0 unspecified atom stereocenters. The van der Waals surface area contributed by atoms with Crippen molar-refractivity contribution in [2.45, 2.75) is 18.9 Å². The predicted octanol–water partition coefficient (Wildman–Crippen LogP) is 0.740. The molecule has 7 heteroatoms. The minimum Gasteiger partial charge on any atom is -0.480 e. The van der Waals surface area contributed by atoms with Crippen molar-refractivity contribution in [2.24, 2.45) is 5.73 Å². The highest BCUT2D eigenvalue weighted by Gasteiger charge is 2.21. The number of nitrogens with two attached hydrogens (primary N) is 1. The molecule has 0 aliphatic rings. The van der Waals surface area contributed by atoms with Crippen molar-refractivity contribution in [3.63, 3.8) is 0 Å². The van der Waals surface area contributed by atoms with Gasteiger partial charge in [-0.25, -0.2) is 4.79 Å². The van der Waals surface area contributed by atoms with Gasteiger partial charge in [0.1, 0.15) is 6.04 Å². The monoisotopic (exact) mass is 376 g/mol. The Balaban J connectivity index is 2.74. The predicted molar refractivity (Wildman–Crippen MR) is 76.5 cm³/mol. The van der Waals surface area contributed by atoms with E-state index in [9.17, 15) is 14.4 Å². The fraction of sp³-hybridized carbons (Fsp3) is 0.250. The number of halogens is 1. The van der Waals surface area contributed by atoms with Gasteiger partial charge in [0.05, 0.1) is 5.56 Å². The fourth-order valence-corrected chi connectivity index (χ4v) is 2.06. The van der Waals surface area contributed by atoms with Crippen LogP contribution < -0.4 is 11.1 Å². The van der Waals surface area contributed by atoms with E-state index >= 15 is 0 Å². The Morgan fingerprint density at radius 1 is 1.32 bits per heavy atom. The zero-order chi connectivity index (χ0) is 14.4. The minimum atomic E-state index is -1.19. The van der Waals surface area contributed by atoms with Crippen LogP contribution >= 0.6 is 22.6 Å². The van der Waals surface area contributed by atoms with E-state index in [0.717, 1.165) is 3.57 Å². The van der Waals surface area contributed by atoms with Crippen LogP contribution in [-0.2, 0) is 9.59 Å². The van der Waals surface area contributed by atoms with Crippen LogP contribution in [0.4, 0.5) is 0 Å². The number of hydrogen-bond acceptors (Lipinski definition) is 3. The second kappa shape index (κ2) is 7.07. The van der Waals surface area contributed by atoms with Crippen LogP contribution in [0.25, 0.3) is 0 Å². The van der Waals surface area contributed by atoms with Crippen LogP contribution in [0.5, 0.6) is 0 Å². The molecule has 4 N–H and O–H groups in total. The summed E-state index contributed by atoms with van der Waals surface area (Å²) in [5.74, 6) is -2.28. The first-order chi connectivity index (χ1) is 8.91. The lowest BCUT2D eigenvalue weighted by molar-refractivity contribution is -0.139. The number of carboxylic acid groups (broad SMARTS) is 1. The molecule has 0 spiro atoms. The van der Waals surface area contributed by atoms with Gasteiger partial charge in [-0.3, -0.25) is 9.59 Å². The summed E-state index contributed by atoms with van der Waals surface area (Å²) in [7, 11) is 0. The number of benzene rings is 1. The molecule has 0 aliphatic carbocycles. The summed E-state index contributed by atoms with van der Waals surface area (Å²) in [6, 6.07) is 5.69. The average Bonchev–Trinajstić information content (AvgIpc) is 2.34. The maximum absolute atomic E-state index is 11.9. The summed E-state index contributed by atoms with van der Waals surface area (Å²) in [4.78, 5) is 33.6. The summed E-state index contributed by atoms with van der Waals surface area (Å²) < 4.78 is 0.719. The highest BCUT2D eigenvalue weighted by Crippen LogP contribution is 2.11. The van der Waals surface area contributed by atoms with Crippen LogP contribution in [0.3, 0.4) is 0 Å². The molecule has 6 nitrogen and oxygen atoms in total. The minimum absolute atomic E-state index is 0.0280. The summed E-state index contributed by atoms with van der Waals surface area (Å²) in [6.45, 7) is 0. The number of carbonyl (C=O) groups excluding carboxylic acids is 2. The van der Waals surface area contributed by atoms with Gasteiger partial charge in [-0.05, 0) is 41.1 Å². The number of carbonyl (C=O) groups is 3. The van der Waals surface area contributed by atoms with E-state index in [-0.39, 0.29) is 12.8 Å². The Bertz CT molecular complexity index is 504. The second-order valence-corrected chi connectivity index (χ2v) is 5.01. The number of hydrogen-bond donors (Lipinski definition) is 3. The van der Waals surface area contributed by atoms with Gasteiger partial charge in [0.15, 0.2) is 0 Å². The molecule has 1 aromatic rings. The van der Waals surface area contributed by atoms with E-state index in [0.29, 0.717) is 5.56 Å². The average molecular weight is 376 g/mol. The van der Waals surface area contributed by atoms with Crippen molar-refractivity contribution >= 4 is 40.4 Å². The van der Waals surface area contributed by atoms with Crippen molar-refractivity contribution < 1.29 is 19.5 Å². The molecule has 0 aliphatic heterocycles. The van der Waals surface area contributed by atoms with E-state index in [4.69, 9.17) is 10.8 Å². The summed E-state index contributed by atoms with van der Waals surface area (Å²) in [6.07, 6.45) is -0.122. The summed E-state index contributed by atoms with van der Waals surface area (Å²) in [5.41, 5.74) is 5.36. The molecule has 1 aromatic carbocycles. The van der Waals surface area contributed by atoms with Gasteiger partial charge in [0, 0.05) is 9.99 Å². The zero-order valence-electron chi connectivity index (χ0n) is 9.93. The topological polar surface area (TPSA) is 109 Å². The highest BCUT2D eigenvalue weighted by molar-refractivity contribution is 14.1. The SMILES string of the molecule is NC(=O)CC[C@@H](NC(=O)c1ccccc1I)C(=O)O. The fourth-order valence-electron chi connectivity index (χ4n) is 1.43. The van der Waals surface area contributed by atoms with E-state index < -0.39 is 23.8 Å². The molecule has 2 amide bonds. The lowest BCUT2D eigenvalue weighted by Crippen LogP contribution is -2.41. The first-order valence-electron chi connectivity index (χ1n) is 5.48. The number of rotatable bonds is 6. The Kier molecular flexibility index (Phi) is 5.74. The second-order valence-electron chi connectivity index (χ2n) is 3.85. The first kappa shape index (κ1) is 15.4. The Morgan fingerprint density at radius 3 is 2.47 bits per heavy atom. The molecule has 0 radical (unpaired) electrons. The summed E-state index contributed by atoms with van der Waals surface area (Å²) in [5, 5.41) is 11.4. The van der Waals surface area contributed by atoms with Gasteiger partial charge >= 0.3 is 5.97 Å². The lowest BCUT2D eigenvalue weighted by atomic mass is 10.1. The van der Waals surface area contributed by atoms with Crippen LogP contribution in [0.1, 0.15) is 23.2 Å². The Morgan fingerprint density at radius 2 is 1.95 bits per heavy atom. The number of primary amides is 1. The van der Waals surface area contributed by atoms with Gasteiger partial charge in [-0.1, -0.05) is 12.1 Å². The number of nitrogens with one attached hydrogen (secondary N) is 1. The van der Waals surface area contributed by atoms with E-state index in [1.807, 2.05) is 22.6 Å². The maximum Gasteiger partial charge on any atom is 0.326 e. The molecule has 1 rings (SSSR count). The molecule has 0 heterocycles. The van der Waals surface area contributed by atoms with Crippen molar-refractivity contribution in [1.29, 1.82) is 0 Å². The normalized spacial score (nSPS) is 11.6. The van der Waals surface area contributed by atoms with Crippen molar-refractivity contribution in [3.8, 4) is 0 Å².